The molecule has 0 amide bonds. The molecule has 0 aromatic heterocycles. The Morgan fingerprint density at radius 2 is 1.00 bits per heavy atom. The average Bonchev–Trinajstić information content (AvgIpc) is 2.01. The van der Waals surface area contributed by atoms with Crippen molar-refractivity contribution in [2.24, 2.45) is 22.7 Å². The van der Waals surface area contributed by atoms with Crippen LogP contribution in [0.15, 0.2) is 0 Å². The lowest BCUT2D eigenvalue weighted by Crippen LogP contribution is -2.31. The van der Waals surface area contributed by atoms with Gasteiger partial charge < -0.3 is 0 Å². The maximum Gasteiger partial charge on any atom is 0.0927 e. The Balaban J connectivity index is 4.52. The van der Waals surface area contributed by atoms with Crippen LogP contribution < -0.4 is 0 Å². The second kappa shape index (κ2) is 5.27. The first-order valence-corrected chi connectivity index (χ1v) is 5.74. The van der Waals surface area contributed by atoms with Crippen molar-refractivity contribution in [1.82, 2.24) is 0 Å². The van der Waals surface area contributed by atoms with E-state index in [0.717, 1.165) is 0 Å². The zero-order valence-electron chi connectivity index (χ0n) is 11.0. The molecule has 0 aliphatic rings. The van der Waals surface area contributed by atoms with E-state index >= 15 is 0 Å². The molecule has 2 atom stereocenters. The molecule has 0 heterocycles. The maximum atomic E-state index is 12.9. The molecule has 92 valence electrons. The van der Waals surface area contributed by atoms with Crippen LogP contribution in [-0.4, -0.2) is 13.3 Å². The molecule has 0 aliphatic carbocycles. The predicted octanol–water partition coefficient (Wildman–Crippen LogP) is 4.64. The fourth-order valence-corrected chi connectivity index (χ4v) is 1.64. The van der Waals surface area contributed by atoms with Crippen molar-refractivity contribution < 1.29 is 8.78 Å². The molecule has 0 aromatic rings. The van der Waals surface area contributed by atoms with Gasteiger partial charge >= 0.3 is 0 Å². The minimum atomic E-state index is -0.351. The Kier molecular flexibility index (Phi) is 5.22. The van der Waals surface area contributed by atoms with Crippen molar-refractivity contribution in [3.63, 3.8) is 0 Å². The fraction of sp³-hybridized carbons (Fsp3) is 1.00. The Bertz CT molecular complexity index is 154. The molecule has 0 nitrogen and oxygen atoms in total. The van der Waals surface area contributed by atoms with Crippen LogP contribution in [0.1, 0.15) is 48.0 Å². The van der Waals surface area contributed by atoms with E-state index in [0.29, 0.717) is 6.42 Å². The van der Waals surface area contributed by atoms with E-state index in [1.54, 1.807) is 0 Å². The molecule has 15 heavy (non-hydrogen) atoms. The summed E-state index contributed by atoms with van der Waals surface area (Å²) in [5.41, 5.74) is -0.152. The average molecular weight is 220 g/mol. The molecule has 0 saturated carbocycles. The van der Waals surface area contributed by atoms with Crippen molar-refractivity contribution >= 4 is 0 Å². The Labute approximate surface area is 93.4 Å². The molecule has 0 bridgehead atoms. The van der Waals surface area contributed by atoms with Crippen LogP contribution in [-0.2, 0) is 0 Å². The molecule has 0 saturated heterocycles. The standard InChI is InChI=1S/C13H26F2/c1-12(2,3)10(8-14)7-11(9-15)13(4,5)6/h10-11H,7-9H2,1-6H3. The maximum absolute atomic E-state index is 12.9. The lowest BCUT2D eigenvalue weighted by atomic mass is 9.70. The quantitative estimate of drug-likeness (QED) is 0.647. The van der Waals surface area contributed by atoms with Crippen molar-refractivity contribution in [3.05, 3.63) is 0 Å². The number of hydrogen-bond donors (Lipinski definition) is 0. The molecule has 0 aliphatic heterocycles. The van der Waals surface area contributed by atoms with Crippen molar-refractivity contribution in [2.45, 2.75) is 48.0 Å². The summed E-state index contributed by atoms with van der Waals surface area (Å²) in [7, 11) is 0. The summed E-state index contributed by atoms with van der Waals surface area (Å²) < 4.78 is 25.8. The van der Waals surface area contributed by atoms with Crippen LogP contribution in [0.5, 0.6) is 0 Å². The van der Waals surface area contributed by atoms with Gasteiger partial charge in [0.15, 0.2) is 0 Å². The first-order chi connectivity index (χ1) is 6.62. The molecule has 0 rings (SSSR count). The fourth-order valence-electron chi connectivity index (χ4n) is 1.64. The molecule has 0 fully saturated rings. The van der Waals surface area contributed by atoms with Crippen molar-refractivity contribution in [3.8, 4) is 0 Å². The summed E-state index contributed by atoms with van der Waals surface area (Å²) in [6.45, 7) is 11.4. The van der Waals surface area contributed by atoms with Gasteiger partial charge in [-0.05, 0) is 29.1 Å². The predicted molar refractivity (Wildman–Crippen MR) is 62.5 cm³/mol. The van der Waals surface area contributed by atoms with Crippen LogP contribution in [0.4, 0.5) is 8.78 Å². The normalized spacial score (nSPS) is 17.6. The van der Waals surface area contributed by atoms with E-state index in [-0.39, 0.29) is 36.0 Å². The van der Waals surface area contributed by atoms with Crippen LogP contribution >= 0.6 is 0 Å². The third kappa shape index (κ3) is 4.94. The van der Waals surface area contributed by atoms with Gasteiger partial charge in [0, 0.05) is 0 Å². The molecule has 2 unspecified atom stereocenters. The van der Waals surface area contributed by atoms with E-state index in [1.807, 2.05) is 41.5 Å². The summed E-state index contributed by atoms with van der Waals surface area (Å²) in [6, 6.07) is 0. The van der Waals surface area contributed by atoms with E-state index in [9.17, 15) is 8.78 Å². The minimum Gasteiger partial charge on any atom is -0.251 e. The van der Waals surface area contributed by atoms with Crippen LogP contribution in [0.2, 0.25) is 0 Å². The highest BCUT2D eigenvalue weighted by Gasteiger charge is 2.32. The number of hydrogen-bond acceptors (Lipinski definition) is 0. The van der Waals surface area contributed by atoms with E-state index in [1.165, 1.54) is 0 Å². The van der Waals surface area contributed by atoms with E-state index in [4.69, 9.17) is 0 Å². The SMILES string of the molecule is CC(C)(C)C(CF)CC(CF)C(C)(C)C. The summed E-state index contributed by atoms with van der Waals surface area (Å²) in [5.74, 6) is -0.0880. The van der Waals surface area contributed by atoms with E-state index < -0.39 is 0 Å². The molecule has 0 N–H and O–H groups in total. The van der Waals surface area contributed by atoms with Gasteiger partial charge in [0.1, 0.15) is 0 Å². The number of halogens is 2. The Hall–Kier alpha value is -0.140. The minimum absolute atomic E-state index is 0.0440. The number of rotatable bonds is 4. The van der Waals surface area contributed by atoms with Crippen LogP contribution in [0.3, 0.4) is 0 Å². The van der Waals surface area contributed by atoms with Gasteiger partial charge in [0.2, 0.25) is 0 Å². The topological polar surface area (TPSA) is 0 Å². The zero-order valence-corrected chi connectivity index (χ0v) is 11.0. The smallest absolute Gasteiger partial charge is 0.0927 e. The first kappa shape index (κ1) is 14.9. The Morgan fingerprint density at radius 1 is 0.733 bits per heavy atom. The highest BCUT2D eigenvalue weighted by molar-refractivity contribution is 4.81. The van der Waals surface area contributed by atoms with Crippen LogP contribution in [0.25, 0.3) is 0 Å². The first-order valence-electron chi connectivity index (χ1n) is 5.74. The monoisotopic (exact) mass is 220 g/mol. The summed E-state index contributed by atoms with van der Waals surface area (Å²) in [5, 5.41) is 0. The summed E-state index contributed by atoms with van der Waals surface area (Å²) in [4.78, 5) is 0. The summed E-state index contributed by atoms with van der Waals surface area (Å²) >= 11 is 0. The zero-order chi connectivity index (χ0) is 12.3. The second-order valence-corrected chi connectivity index (χ2v) is 6.67. The summed E-state index contributed by atoms with van der Waals surface area (Å²) in [6.07, 6.45) is 0.639. The van der Waals surface area contributed by atoms with Gasteiger partial charge in [-0.3, -0.25) is 8.78 Å². The second-order valence-electron chi connectivity index (χ2n) is 6.67. The van der Waals surface area contributed by atoms with E-state index in [2.05, 4.69) is 0 Å². The molecular weight excluding hydrogens is 194 g/mol. The van der Waals surface area contributed by atoms with Crippen LogP contribution in [0, 0.1) is 22.7 Å². The Morgan fingerprint density at radius 3 is 1.13 bits per heavy atom. The van der Waals surface area contributed by atoms with Gasteiger partial charge in [-0.25, -0.2) is 0 Å². The molecule has 0 spiro atoms. The van der Waals surface area contributed by atoms with Gasteiger partial charge in [0.25, 0.3) is 0 Å². The van der Waals surface area contributed by atoms with Gasteiger partial charge in [-0.15, -0.1) is 0 Å². The molecule has 0 aromatic carbocycles. The third-order valence-electron chi connectivity index (χ3n) is 3.39. The third-order valence-corrected chi connectivity index (χ3v) is 3.39. The molecule has 2 heteroatoms. The highest BCUT2D eigenvalue weighted by Crippen LogP contribution is 2.38. The molecular formula is C13H26F2. The van der Waals surface area contributed by atoms with Crippen molar-refractivity contribution in [1.29, 1.82) is 0 Å². The van der Waals surface area contributed by atoms with Gasteiger partial charge in [-0.2, -0.15) is 0 Å². The lowest BCUT2D eigenvalue weighted by molar-refractivity contribution is 0.0946. The van der Waals surface area contributed by atoms with Crippen molar-refractivity contribution in [2.75, 3.05) is 13.3 Å². The van der Waals surface area contributed by atoms with Gasteiger partial charge in [0.05, 0.1) is 13.3 Å². The van der Waals surface area contributed by atoms with Gasteiger partial charge in [-0.1, -0.05) is 41.5 Å². The largest absolute Gasteiger partial charge is 0.251 e. The number of alkyl halides is 2. The lowest BCUT2D eigenvalue weighted by Gasteiger charge is -2.36. The highest BCUT2D eigenvalue weighted by atomic mass is 19.1. The molecule has 0 radical (unpaired) electrons.